The molecule has 0 saturated heterocycles. The van der Waals surface area contributed by atoms with Crippen LogP contribution in [0.1, 0.15) is 17.2 Å². The molecule has 1 unspecified atom stereocenters. The van der Waals surface area contributed by atoms with Crippen molar-refractivity contribution in [1.82, 2.24) is 5.43 Å². The van der Waals surface area contributed by atoms with Gasteiger partial charge in [0.25, 0.3) is 0 Å². The minimum absolute atomic E-state index is 0.185. The van der Waals surface area contributed by atoms with Crippen LogP contribution >= 0.6 is 34.2 Å². The number of ether oxygens (including phenoxy) is 2. The highest BCUT2D eigenvalue weighted by atomic mass is 127. The van der Waals surface area contributed by atoms with E-state index in [2.05, 4.69) is 28.0 Å². The second kappa shape index (κ2) is 7.31. The van der Waals surface area contributed by atoms with E-state index >= 15 is 0 Å². The SMILES string of the molecule is COc1ccc(C(NN)c2cc(Cl)ccc2I)cc1OC. The lowest BCUT2D eigenvalue weighted by Crippen LogP contribution is -2.29. The zero-order valence-corrected chi connectivity index (χ0v) is 14.6. The number of rotatable bonds is 5. The van der Waals surface area contributed by atoms with Crippen LogP contribution < -0.4 is 20.7 Å². The molecule has 21 heavy (non-hydrogen) atoms. The maximum atomic E-state index is 6.09. The second-order valence-corrected chi connectivity index (χ2v) is 5.98. The highest BCUT2D eigenvalue weighted by Crippen LogP contribution is 2.34. The first-order valence-electron chi connectivity index (χ1n) is 6.23. The van der Waals surface area contributed by atoms with Gasteiger partial charge < -0.3 is 9.47 Å². The van der Waals surface area contributed by atoms with Crippen LogP contribution in [0.2, 0.25) is 5.02 Å². The van der Waals surface area contributed by atoms with Crippen LogP contribution in [0.5, 0.6) is 11.5 Å². The quantitative estimate of drug-likeness (QED) is 0.443. The molecule has 0 spiro atoms. The molecule has 112 valence electrons. The fourth-order valence-electron chi connectivity index (χ4n) is 2.13. The van der Waals surface area contributed by atoms with E-state index in [4.69, 9.17) is 26.9 Å². The molecule has 6 heteroatoms. The normalized spacial score (nSPS) is 12.0. The molecule has 1 atom stereocenters. The molecule has 0 aliphatic carbocycles. The molecule has 2 rings (SSSR count). The molecule has 4 nitrogen and oxygen atoms in total. The fraction of sp³-hybridized carbons (Fsp3) is 0.200. The van der Waals surface area contributed by atoms with Gasteiger partial charge in [-0.25, -0.2) is 5.43 Å². The Kier molecular flexibility index (Phi) is 5.69. The minimum atomic E-state index is -0.185. The van der Waals surface area contributed by atoms with Crippen LogP contribution in [0.25, 0.3) is 0 Å². The van der Waals surface area contributed by atoms with Gasteiger partial charge in [-0.3, -0.25) is 5.84 Å². The molecular weight excluding hydrogens is 403 g/mol. The number of hydrogen-bond acceptors (Lipinski definition) is 4. The van der Waals surface area contributed by atoms with Crippen LogP contribution in [0, 0.1) is 3.57 Å². The molecule has 0 saturated carbocycles. The molecular formula is C15H16ClIN2O2. The number of benzene rings is 2. The van der Waals surface area contributed by atoms with Crippen molar-refractivity contribution >= 4 is 34.2 Å². The summed E-state index contributed by atoms with van der Waals surface area (Å²) in [6.07, 6.45) is 0. The van der Waals surface area contributed by atoms with E-state index in [0.717, 1.165) is 14.7 Å². The third-order valence-electron chi connectivity index (χ3n) is 3.18. The maximum absolute atomic E-state index is 6.09. The summed E-state index contributed by atoms with van der Waals surface area (Å²) in [4.78, 5) is 0. The van der Waals surface area contributed by atoms with Gasteiger partial charge in [-0.2, -0.15) is 0 Å². The molecule has 0 radical (unpaired) electrons. The van der Waals surface area contributed by atoms with Crippen molar-refractivity contribution in [2.45, 2.75) is 6.04 Å². The van der Waals surface area contributed by atoms with Gasteiger partial charge in [0.2, 0.25) is 0 Å². The van der Waals surface area contributed by atoms with Crippen molar-refractivity contribution in [1.29, 1.82) is 0 Å². The van der Waals surface area contributed by atoms with Crippen molar-refractivity contribution in [2.24, 2.45) is 5.84 Å². The molecule has 2 aromatic carbocycles. The van der Waals surface area contributed by atoms with Crippen LogP contribution in [-0.4, -0.2) is 14.2 Å². The number of nitrogens with two attached hydrogens (primary N) is 1. The van der Waals surface area contributed by atoms with E-state index in [1.54, 1.807) is 14.2 Å². The van der Waals surface area contributed by atoms with E-state index in [0.29, 0.717) is 16.5 Å². The van der Waals surface area contributed by atoms with E-state index in [-0.39, 0.29) is 6.04 Å². The van der Waals surface area contributed by atoms with E-state index in [1.807, 2.05) is 36.4 Å². The zero-order valence-electron chi connectivity index (χ0n) is 11.7. The topological polar surface area (TPSA) is 56.5 Å². The highest BCUT2D eigenvalue weighted by molar-refractivity contribution is 14.1. The summed E-state index contributed by atoms with van der Waals surface area (Å²) in [5.41, 5.74) is 4.81. The predicted octanol–water partition coefficient (Wildman–Crippen LogP) is 3.51. The summed E-state index contributed by atoms with van der Waals surface area (Å²) in [6, 6.07) is 11.2. The molecule has 0 aliphatic rings. The van der Waals surface area contributed by atoms with Gasteiger partial charge in [0.15, 0.2) is 11.5 Å². The maximum Gasteiger partial charge on any atom is 0.161 e. The van der Waals surface area contributed by atoms with Gasteiger partial charge in [0, 0.05) is 8.59 Å². The smallest absolute Gasteiger partial charge is 0.161 e. The second-order valence-electron chi connectivity index (χ2n) is 4.38. The monoisotopic (exact) mass is 418 g/mol. The van der Waals surface area contributed by atoms with E-state index < -0.39 is 0 Å². The summed E-state index contributed by atoms with van der Waals surface area (Å²) >= 11 is 8.36. The molecule has 0 aromatic heterocycles. The lowest BCUT2D eigenvalue weighted by molar-refractivity contribution is 0.354. The zero-order chi connectivity index (χ0) is 15.4. The molecule has 2 aromatic rings. The van der Waals surface area contributed by atoms with Gasteiger partial charge in [0.05, 0.1) is 20.3 Å². The number of nitrogens with one attached hydrogen (secondary N) is 1. The summed E-state index contributed by atoms with van der Waals surface area (Å²) < 4.78 is 11.7. The van der Waals surface area contributed by atoms with Gasteiger partial charge >= 0.3 is 0 Å². The van der Waals surface area contributed by atoms with Crippen LogP contribution in [0.4, 0.5) is 0 Å². The van der Waals surface area contributed by atoms with Gasteiger partial charge in [-0.15, -0.1) is 0 Å². The third-order valence-corrected chi connectivity index (χ3v) is 4.39. The average Bonchev–Trinajstić information content (AvgIpc) is 2.51. The first-order chi connectivity index (χ1) is 10.1. The molecule has 0 heterocycles. The first-order valence-corrected chi connectivity index (χ1v) is 7.69. The fourth-order valence-corrected chi connectivity index (χ4v) is 2.96. The Morgan fingerprint density at radius 3 is 2.43 bits per heavy atom. The van der Waals surface area contributed by atoms with Crippen LogP contribution in [0.3, 0.4) is 0 Å². The van der Waals surface area contributed by atoms with Crippen LogP contribution in [0.15, 0.2) is 36.4 Å². The number of halogens is 2. The Hall–Kier alpha value is -1.02. The van der Waals surface area contributed by atoms with Crippen molar-refractivity contribution in [3.05, 3.63) is 56.1 Å². The average molecular weight is 419 g/mol. The van der Waals surface area contributed by atoms with Gasteiger partial charge in [-0.1, -0.05) is 17.7 Å². The van der Waals surface area contributed by atoms with Crippen LogP contribution in [-0.2, 0) is 0 Å². The lowest BCUT2D eigenvalue weighted by Gasteiger charge is -2.20. The van der Waals surface area contributed by atoms with Crippen molar-refractivity contribution in [2.75, 3.05) is 14.2 Å². The Morgan fingerprint density at radius 2 is 1.81 bits per heavy atom. The number of methoxy groups -OCH3 is 2. The van der Waals surface area contributed by atoms with Crippen molar-refractivity contribution in [3.8, 4) is 11.5 Å². The molecule has 0 amide bonds. The standard InChI is InChI=1S/C15H16ClIN2O2/c1-20-13-6-3-9(7-14(13)21-2)15(19-18)11-8-10(16)4-5-12(11)17/h3-8,15,19H,18H2,1-2H3. The first kappa shape index (κ1) is 16.4. The summed E-state index contributed by atoms with van der Waals surface area (Å²) in [6.45, 7) is 0. The van der Waals surface area contributed by atoms with Gasteiger partial charge in [-0.05, 0) is 64.0 Å². The number of hydrazine groups is 1. The molecule has 3 N–H and O–H groups in total. The lowest BCUT2D eigenvalue weighted by atomic mass is 9.99. The Labute approximate surface area is 142 Å². The van der Waals surface area contributed by atoms with Crippen molar-refractivity contribution in [3.63, 3.8) is 0 Å². The van der Waals surface area contributed by atoms with E-state index in [9.17, 15) is 0 Å². The summed E-state index contributed by atoms with van der Waals surface area (Å²) in [5.74, 6) is 7.09. The molecule has 0 fully saturated rings. The minimum Gasteiger partial charge on any atom is -0.493 e. The third kappa shape index (κ3) is 3.60. The Morgan fingerprint density at radius 1 is 1.10 bits per heavy atom. The molecule has 0 aliphatic heterocycles. The highest BCUT2D eigenvalue weighted by Gasteiger charge is 2.18. The number of hydrogen-bond donors (Lipinski definition) is 2. The van der Waals surface area contributed by atoms with E-state index in [1.165, 1.54) is 0 Å². The Bertz CT molecular complexity index is 637. The molecule has 0 bridgehead atoms. The predicted molar refractivity (Wildman–Crippen MR) is 92.9 cm³/mol. The largest absolute Gasteiger partial charge is 0.493 e. The van der Waals surface area contributed by atoms with Gasteiger partial charge in [0.1, 0.15) is 0 Å². The summed E-state index contributed by atoms with van der Waals surface area (Å²) in [5, 5.41) is 0.672. The summed E-state index contributed by atoms with van der Waals surface area (Å²) in [7, 11) is 3.21. The Balaban J connectivity index is 2.48. The van der Waals surface area contributed by atoms with Crippen molar-refractivity contribution < 1.29 is 9.47 Å².